The number of non-ortho nitro benzene ring substituents is 1. The Bertz CT molecular complexity index is 926. The van der Waals surface area contributed by atoms with Crippen molar-refractivity contribution >= 4 is 29.4 Å². The van der Waals surface area contributed by atoms with Crippen LogP contribution in [0.25, 0.3) is 0 Å². The number of carbonyl (C=O) groups is 2. The number of rotatable bonds is 6. The van der Waals surface area contributed by atoms with Gasteiger partial charge in [0.05, 0.1) is 24.3 Å². The van der Waals surface area contributed by atoms with Crippen LogP contribution < -0.4 is 15.5 Å². The van der Waals surface area contributed by atoms with Crippen molar-refractivity contribution in [3.05, 3.63) is 57.6 Å². The van der Waals surface area contributed by atoms with Crippen LogP contribution in [0.2, 0.25) is 0 Å². The lowest BCUT2D eigenvalue weighted by atomic mass is 10.1. The first-order chi connectivity index (χ1) is 12.8. The SMILES string of the molecule is COc1cc([N+](=O)[O-])cc(C=NNC(=O)c2cccc(NC(C)=O)c2)c1O. The van der Waals surface area contributed by atoms with Crippen LogP contribution >= 0.6 is 0 Å². The lowest BCUT2D eigenvalue weighted by molar-refractivity contribution is -0.385. The minimum atomic E-state index is -0.647. The summed E-state index contributed by atoms with van der Waals surface area (Å²) in [6.45, 7) is 1.34. The third-order valence-electron chi connectivity index (χ3n) is 3.33. The number of nitrogens with one attached hydrogen (secondary N) is 2. The van der Waals surface area contributed by atoms with E-state index in [4.69, 9.17) is 4.74 Å². The first kappa shape index (κ1) is 19.4. The van der Waals surface area contributed by atoms with Crippen LogP contribution in [0.5, 0.6) is 11.5 Å². The molecule has 2 rings (SSSR count). The van der Waals surface area contributed by atoms with Gasteiger partial charge in [-0.25, -0.2) is 5.43 Å². The number of nitrogens with zero attached hydrogens (tertiary/aromatic N) is 2. The summed E-state index contributed by atoms with van der Waals surface area (Å²) < 4.78 is 4.88. The summed E-state index contributed by atoms with van der Waals surface area (Å²) in [6.07, 6.45) is 1.06. The molecule has 2 aromatic rings. The van der Waals surface area contributed by atoms with Gasteiger partial charge < -0.3 is 15.2 Å². The number of carbonyl (C=O) groups excluding carboxylic acids is 2. The summed E-state index contributed by atoms with van der Waals surface area (Å²) in [5, 5.41) is 27.2. The molecule has 0 aliphatic heterocycles. The third-order valence-corrected chi connectivity index (χ3v) is 3.33. The first-order valence-corrected chi connectivity index (χ1v) is 7.58. The Labute approximate surface area is 153 Å². The second-order valence-electron chi connectivity index (χ2n) is 5.30. The normalized spacial score (nSPS) is 10.4. The molecule has 0 spiro atoms. The van der Waals surface area contributed by atoms with Crippen LogP contribution in [0.3, 0.4) is 0 Å². The van der Waals surface area contributed by atoms with E-state index in [9.17, 15) is 24.8 Å². The number of nitro groups is 1. The van der Waals surface area contributed by atoms with Gasteiger partial charge in [-0.2, -0.15) is 5.10 Å². The van der Waals surface area contributed by atoms with E-state index in [1.807, 2.05) is 0 Å². The number of methoxy groups -OCH3 is 1. The highest BCUT2D eigenvalue weighted by molar-refractivity contribution is 5.97. The van der Waals surface area contributed by atoms with Crippen molar-refractivity contribution in [3.8, 4) is 11.5 Å². The summed E-state index contributed by atoms with van der Waals surface area (Å²) in [5.74, 6) is -1.30. The second-order valence-corrected chi connectivity index (χ2v) is 5.30. The summed E-state index contributed by atoms with van der Waals surface area (Å²) in [5.41, 5.74) is 2.61. The number of aromatic hydroxyl groups is 1. The number of hydrazone groups is 1. The molecule has 0 unspecified atom stereocenters. The number of amides is 2. The van der Waals surface area contributed by atoms with Gasteiger partial charge in [0.2, 0.25) is 5.91 Å². The van der Waals surface area contributed by atoms with Crippen molar-refractivity contribution in [2.45, 2.75) is 6.92 Å². The summed E-state index contributed by atoms with van der Waals surface area (Å²) in [6, 6.07) is 8.34. The molecule has 0 saturated heterocycles. The minimum absolute atomic E-state index is 0.00616. The highest BCUT2D eigenvalue weighted by Crippen LogP contribution is 2.33. The first-order valence-electron chi connectivity index (χ1n) is 7.58. The van der Waals surface area contributed by atoms with Crippen LogP contribution in [-0.4, -0.2) is 35.2 Å². The number of ether oxygens (including phenoxy) is 1. The average Bonchev–Trinajstić information content (AvgIpc) is 2.62. The van der Waals surface area contributed by atoms with Gasteiger partial charge in [0, 0.05) is 29.8 Å². The van der Waals surface area contributed by atoms with Gasteiger partial charge >= 0.3 is 0 Å². The van der Waals surface area contributed by atoms with Crippen LogP contribution in [0.15, 0.2) is 41.5 Å². The molecular formula is C17H16N4O6. The van der Waals surface area contributed by atoms with E-state index >= 15 is 0 Å². The van der Waals surface area contributed by atoms with Gasteiger partial charge in [-0.1, -0.05) is 6.07 Å². The fraction of sp³-hybridized carbons (Fsp3) is 0.118. The van der Waals surface area contributed by atoms with E-state index in [2.05, 4.69) is 15.8 Å². The predicted octanol–water partition coefficient (Wildman–Crippen LogP) is 2.03. The van der Waals surface area contributed by atoms with Crippen LogP contribution in [0.1, 0.15) is 22.8 Å². The van der Waals surface area contributed by atoms with E-state index in [-0.39, 0.29) is 34.2 Å². The van der Waals surface area contributed by atoms with E-state index in [1.54, 1.807) is 12.1 Å². The van der Waals surface area contributed by atoms with Crippen LogP contribution in [0, 0.1) is 10.1 Å². The fourth-order valence-electron chi connectivity index (χ4n) is 2.14. The highest BCUT2D eigenvalue weighted by atomic mass is 16.6. The molecule has 2 amide bonds. The van der Waals surface area contributed by atoms with Crippen LogP contribution in [0.4, 0.5) is 11.4 Å². The Kier molecular flexibility index (Phi) is 6.05. The Morgan fingerprint density at radius 3 is 2.67 bits per heavy atom. The predicted molar refractivity (Wildman–Crippen MR) is 97.1 cm³/mol. The Morgan fingerprint density at radius 2 is 2.04 bits per heavy atom. The molecule has 10 nitrogen and oxygen atoms in total. The van der Waals surface area contributed by atoms with Crippen molar-refractivity contribution in [2.24, 2.45) is 5.10 Å². The Balaban J connectivity index is 2.17. The molecule has 0 bridgehead atoms. The summed E-state index contributed by atoms with van der Waals surface area (Å²) in [4.78, 5) is 33.5. The fourth-order valence-corrected chi connectivity index (χ4v) is 2.14. The number of hydrogen-bond donors (Lipinski definition) is 3. The molecule has 0 saturated carbocycles. The lowest BCUT2D eigenvalue weighted by Gasteiger charge is -2.06. The maximum atomic E-state index is 12.1. The summed E-state index contributed by atoms with van der Waals surface area (Å²) >= 11 is 0. The van der Waals surface area contributed by atoms with Crippen LogP contribution in [-0.2, 0) is 4.79 Å². The molecule has 0 fully saturated rings. The molecular weight excluding hydrogens is 356 g/mol. The number of anilines is 1. The molecule has 3 N–H and O–H groups in total. The van der Waals surface area contributed by atoms with Gasteiger partial charge in [-0.05, 0) is 18.2 Å². The van der Waals surface area contributed by atoms with Crippen molar-refractivity contribution < 1.29 is 24.4 Å². The Morgan fingerprint density at radius 1 is 1.30 bits per heavy atom. The highest BCUT2D eigenvalue weighted by Gasteiger charge is 2.16. The number of nitro benzene ring substituents is 1. The molecule has 0 aliphatic rings. The third kappa shape index (κ3) is 5.01. The average molecular weight is 372 g/mol. The van der Waals surface area contributed by atoms with Gasteiger partial charge in [0.15, 0.2) is 11.5 Å². The van der Waals surface area contributed by atoms with Crippen molar-refractivity contribution in [1.29, 1.82) is 0 Å². The molecule has 0 aliphatic carbocycles. The lowest BCUT2D eigenvalue weighted by Crippen LogP contribution is -2.18. The number of hydrogen-bond acceptors (Lipinski definition) is 7. The molecule has 0 heterocycles. The molecule has 0 radical (unpaired) electrons. The standard InChI is InChI=1S/C17H16N4O6/c1-10(22)19-13-5-3-4-11(6-13)17(24)20-18-9-12-7-14(21(25)26)8-15(27-2)16(12)23/h3-9,23H,1-2H3,(H,19,22)(H,20,24). The topological polar surface area (TPSA) is 143 Å². The molecule has 27 heavy (non-hydrogen) atoms. The zero-order valence-electron chi connectivity index (χ0n) is 14.4. The van der Waals surface area contributed by atoms with Crippen molar-refractivity contribution in [3.63, 3.8) is 0 Å². The summed E-state index contributed by atoms with van der Waals surface area (Å²) in [7, 11) is 1.25. The van der Waals surface area contributed by atoms with E-state index in [0.29, 0.717) is 5.69 Å². The Hall–Kier alpha value is -3.95. The zero-order chi connectivity index (χ0) is 20.0. The number of phenolic OH excluding ortho intramolecular Hbond substituents is 1. The maximum absolute atomic E-state index is 12.1. The quantitative estimate of drug-likeness (QED) is 0.402. The van der Waals surface area contributed by atoms with Crippen molar-refractivity contribution in [1.82, 2.24) is 5.43 Å². The second kappa shape index (κ2) is 8.43. The molecule has 10 heteroatoms. The molecule has 2 aromatic carbocycles. The number of benzene rings is 2. The van der Waals surface area contributed by atoms with E-state index in [1.165, 1.54) is 26.2 Å². The van der Waals surface area contributed by atoms with Gasteiger partial charge in [-0.3, -0.25) is 19.7 Å². The largest absolute Gasteiger partial charge is 0.504 e. The van der Waals surface area contributed by atoms with Gasteiger partial charge in [0.1, 0.15) is 0 Å². The van der Waals surface area contributed by atoms with Crippen molar-refractivity contribution in [2.75, 3.05) is 12.4 Å². The molecule has 0 aromatic heterocycles. The van der Waals surface area contributed by atoms with Gasteiger partial charge in [0.25, 0.3) is 11.6 Å². The van der Waals surface area contributed by atoms with Gasteiger partial charge in [-0.15, -0.1) is 0 Å². The molecule has 140 valence electrons. The minimum Gasteiger partial charge on any atom is -0.504 e. The number of phenols is 1. The monoisotopic (exact) mass is 372 g/mol. The van der Waals surface area contributed by atoms with E-state index in [0.717, 1.165) is 18.3 Å². The van der Waals surface area contributed by atoms with E-state index < -0.39 is 10.8 Å². The zero-order valence-corrected chi connectivity index (χ0v) is 14.4. The maximum Gasteiger partial charge on any atom is 0.274 e. The smallest absolute Gasteiger partial charge is 0.274 e. The molecule has 0 atom stereocenters.